The molecule has 0 aromatic heterocycles. The largest absolute Gasteiger partial charge is 0.463 e. The predicted octanol–water partition coefficient (Wildman–Crippen LogP) is 2.93. The first-order valence-corrected chi connectivity index (χ1v) is 7.36. The van der Waals surface area contributed by atoms with E-state index in [9.17, 15) is 4.79 Å². The maximum absolute atomic E-state index is 12.2. The van der Waals surface area contributed by atoms with Crippen molar-refractivity contribution < 1.29 is 9.53 Å². The fourth-order valence-corrected chi connectivity index (χ4v) is 3.17. The number of rotatable bonds is 3. The monoisotopic (exact) mass is 290 g/mol. The Morgan fingerprint density at radius 2 is 2.00 bits per heavy atom. The van der Waals surface area contributed by atoms with Crippen LogP contribution in [0.1, 0.15) is 30.2 Å². The van der Waals surface area contributed by atoms with E-state index in [-0.39, 0.29) is 11.2 Å². The Morgan fingerprint density at radius 3 is 2.60 bits per heavy atom. The Kier molecular flexibility index (Phi) is 4.49. The van der Waals surface area contributed by atoms with Gasteiger partial charge in [-0.3, -0.25) is 0 Å². The van der Waals surface area contributed by atoms with Crippen molar-refractivity contribution in [2.45, 2.75) is 26.0 Å². The third kappa shape index (κ3) is 3.04. The number of aliphatic imine (C=N–C) groups is 1. The van der Waals surface area contributed by atoms with Gasteiger partial charge in [0.15, 0.2) is 5.17 Å². The molecule has 0 bridgehead atoms. The molecule has 1 heterocycles. The molecule has 0 spiro atoms. The summed E-state index contributed by atoms with van der Waals surface area (Å²) in [4.78, 5) is 16.4. The van der Waals surface area contributed by atoms with Gasteiger partial charge >= 0.3 is 5.97 Å². The second-order valence-corrected chi connectivity index (χ2v) is 5.70. The van der Waals surface area contributed by atoms with E-state index in [4.69, 9.17) is 10.5 Å². The van der Waals surface area contributed by atoms with Gasteiger partial charge in [-0.25, -0.2) is 9.79 Å². The van der Waals surface area contributed by atoms with E-state index in [0.29, 0.717) is 23.0 Å². The van der Waals surface area contributed by atoms with Gasteiger partial charge in [0.25, 0.3) is 0 Å². The number of carbonyl (C=O) groups is 1. The van der Waals surface area contributed by atoms with Crippen LogP contribution in [-0.2, 0) is 9.53 Å². The third-order valence-electron chi connectivity index (χ3n) is 3.04. The minimum atomic E-state index is -0.320. The Balaban J connectivity index is 2.42. The Hall–Kier alpha value is -1.75. The SMILES string of the molecule is CCOC(=O)C1=C(C)N=C(N)SC1c1ccc(C)cc1. The summed E-state index contributed by atoms with van der Waals surface area (Å²) >= 11 is 1.38. The molecule has 0 aliphatic carbocycles. The van der Waals surface area contributed by atoms with Gasteiger partial charge in [0.05, 0.1) is 23.1 Å². The quantitative estimate of drug-likeness (QED) is 0.869. The molecule has 5 heteroatoms. The molecule has 0 saturated carbocycles. The van der Waals surface area contributed by atoms with E-state index in [1.807, 2.05) is 31.2 Å². The van der Waals surface area contributed by atoms with Gasteiger partial charge in [-0.2, -0.15) is 0 Å². The minimum Gasteiger partial charge on any atom is -0.463 e. The standard InChI is InChI=1S/C15H18N2O2S/c1-4-19-14(18)12-10(3)17-15(16)20-13(12)11-7-5-9(2)6-8-11/h5-8,13H,4H2,1-3H3,(H2,16,17). The molecule has 1 unspecified atom stereocenters. The molecule has 2 N–H and O–H groups in total. The average molecular weight is 290 g/mol. The second kappa shape index (κ2) is 6.13. The van der Waals surface area contributed by atoms with Crippen molar-refractivity contribution in [3.05, 3.63) is 46.7 Å². The molecule has 1 aliphatic rings. The summed E-state index contributed by atoms with van der Waals surface area (Å²) in [5, 5.41) is 0.313. The van der Waals surface area contributed by atoms with Gasteiger partial charge in [-0.1, -0.05) is 41.6 Å². The average Bonchev–Trinajstić information content (AvgIpc) is 2.38. The van der Waals surface area contributed by atoms with E-state index < -0.39 is 0 Å². The molecule has 20 heavy (non-hydrogen) atoms. The molecular weight excluding hydrogens is 272 g/mol. The van der Waals surface area contributed by atoms with Crippen LogP contribution in [0.25, 0.3) is 0 Å². The highest BCUT2D eigenvalue weighted by Gasteiger charge is 2.30. The highest BCUT2D eigenvalue weighted by atomic mass is 32.2. The number of carbonyl (C=O) groups excluding carboxylic acids is 1. The Labute approximate surface area is 123 Å². The molecule has 1 aliphatic heterocycles. The van der Waals surface area contributed by atoms with Crippen molar-refractivity contribution in [3.8, 4) is 0 Å². The Morgan fingerprint density at radius 1 is 1.35 bits per heavy atom. The van der Waals surface area contributed by atoms with E-state index in [1.165, 1.54) is 17.3 Å². The number of thioether (sulfide) groups is 1. The van der Waals surface area contributed by atoms with Crippen LogP contribution < -0.4 is 5.73 Å². The maximum Gasteiger partial charge on any atom is 0.337 e. The number of nitrogens with zero attached hydrogens (tertiary/aromatic N) is 1. The van der Waals surface area contributed by atoms with E-state index in [2.05, 4.69) is 4.99 Å². The lowest BCUT2D eigenvalue weighted by molar-refractivity contribution is -0.138. The van der Waals surface area contributed by atoms with Gasteiger partial charge in [-0.15, -0.1) is 0 Å². The first-order chi connectivity index (χ1) is 9.52. The molecule has 0 amide bonds. The van der Waals surface area contributed by atoms with Crippen LogP contribution >= 0.6 is 11.8 Å². The number of hydrogen-bond donors (Lipinski definition) is 1. The van der Waals surface area contributed by atoms with Crippen molar-refractivity contribution >= 4 is 22.9 Å². The molecular formula is C15H18N2O2S. The van der Waals surface area contributed by atoms with Gasteiger partial charge in [0, 0.05) is 0 Å². The topological polar surface area (TPSA) is 64.7 Å². The number of benzene rings is 1. The molecule has 0 radical (unpaired) electrons. The minimum absolute atomic E-state index is 0.160. The lowest BCUT2D eigenvalue weighted by Crippen LogP contribution is -2.22. The van der Waals surface area contributed by atoms with Crippen molar-refractivity contribution in [1.82, 2.24) is 0 Å². The molecule has 0 fully saturated rings. The van der Waals surface area contributed by atoms with E-state index in [1.54, 1.807) is 13.8 Å². The van der Waals surface area contributed by atoms with Gasteiger partial charge < -0.3 is 10.5 Å². The smallest absolute Gasteiger partial charge is 0.337 e. The number of esters is 1. The highest BCUT2D eigenvalue weighted by Crippen LogP contribution is 2.41. The zero-order valence-electron chi connectivity index (χ0n) is 11.8. The van der Waals surface area contributed by atoms with Crippen LogP contribution in [-0.4, -0.2) is 17.7 Å². The van der Waals surface area contributed by atoms with Crippen LogP contribution in [0.5, 0.6) is 0 Å². The summed E-state index contributed by atoms with van der Waals surface area (Å²) in [5.41, 5.74) is 9.26. The number of allylic oxidation sites excluding steroid dienone is 1. The summed E-state index contributed by atoms with van der Waals surface area (Å²) in [5.74, 6) is -0.320. The molecule has 4 nitrogen and oxygen atoms in total. The molecule has 2 rings (SSSR count). The van der Waals surface area contributed by atoms with E-state index in [0.717, 1.165) is 5.56 Å². The van der Waals surface area contributed by atoms with Crippen molar-refractivity contribution in [1.29, 1.82) is 0 Å². The summed E-state index contributed by atoms with van der Waals surface area (Å²) in [6.07, 6.45) is 0. The van der Waals surface area contributed by atoms with Crippen molar-refractivity contribution in [2.75, 3.05) is 6.61 Å². The summed E-state index contributed by atoms with van der Waals surface area (Å²) in [6.45, 7) is 5.96. The molecule has 0 saturated heterocycles. The fraction of sp³-hybridized carbons (Fsp3) is 0.333. The number of amidine groups is 1. The van der Waals surface area contributed by atoms with Crippen LogP contribution in [0.2, 0.25) is 0 Å². The highest BCUT2D eigenvalue weighted by molar-refractivity contribution is 8.14. The Bertz CT molecular complexity index is 576. The zero-order valence-corrected chi connectivity index (χ0v) is 12.7. The third-order valence-corrected chi connectivity index (χ3v) is 4.12. The van der Waals surface area contributed by atoms with Crippen LogP contribution in [0.4, 0.5) is 0 Å². The van der Waals surface area contributed by atoms with Crippen LogP contribution in [0, 0.1) is 6.92 Å². The first kappa shape index (κ1) is 14.7. The van der Waals surface area contributed by atoms with Gasteiger partial charge in [0.1, 0.15) is 0 Å². The van der Waals surface area contributed by atoms with Gasteiger partial charge in [-0.05, 0) is 26.3 Å². The lowest BCUT2D eigenvalue weighted by Gasteiger charge is -2.23. The fourth-order valence-electron chi connectivity index (χ4n) is 2.06. The van der Waals surface area contributed by atoms with Gasteiger partial charge in [0.2, 0.25) is 0 Å². The number of hydrogen-bond acceptors (Lipinski definition) is 5. The second-order valence-electron chi connectivity index (χ2n) is 4.58. The molecule has 106 valence electrons. The summed E-state index contributed by atoms with van der Waals surface area (Å²) in [6, 6.07) is 8.07. The van der Waals surface area contributed by atoms with Crippen molar-refractivity contribution in [2.24, 2.45) is 10.7 Å². The molecule has 1 aromatic carbocycles. The molecule has 1 atom stereocenters. The summed E-state index contributed by atoms with van der Waals surface area (Å²) in [7, 11) is 0. The van der Waals surface area contributed by atoms with Crippen molar-refractivity contribution in [3.63, 3.8) is 0 Å². The first-order valence-electron chi connectivity index (χ1n) is 6.48. The predicted molar refractivity (Wildman–Crippen MR) is 82.5 cm³/mol. The van der Waals surface area contributed by atoms with E-state index >= 15 is 0 Å². The number of aryl methyl sites for hydroxylation is 1. The lowest BCUT2D eigenvalue weighted by atomic mass is 10.0. The maximum atomic E-state index is 12.2. The normalized spacial score (nSPS) is 18.8. The zero-order chi connectivity index (χ0) is 14.7. The summed E-state index contributed by atoms with van der Waals surface area (Å²) < 4.78 is 5.14. The number of ether oxygens (including phenoxy) is 1. The van der Waals surface area contributed by atoms with Crippen LogP contribution in [0.15, 0.2) is 40.5 Å². The number of nitrogens with two attached hydrogens (primary N) is 1. The van der Waals surface area contributed by atoms with Crippen LogP contribution in [0.3, 0.4) is 0 Å². The molecule has 1 aromatic rings.